The van der Waals surface area contributed by atoms with Crippen molar-refractivity contribution in [3.8, 4) is 5.75 Å². The molecule has 5 rings (SSSR count). The predicted octanol–water partition coefficient (Wildman–Crippen LogP) is 3.70. The molecule has 1 aromatic carbocycles. The van der Waals surface area contributed by atoms with Gasteiger partial charge >= 0.3 is 13.7 Å². The van der Waals surface area contributed by atoms with Crippen LogP contribution in [0.5, 0.6) is 5.75 Å². The lowest BCUT2D eigenvalue weighted by atomic mass is 10.1. The number of hydrogen-bond donors (Lipinski definition) is 3. The zero-order valence-electron chi connectivity index (χ0n) is 21.3. The zero-order valence-corrected chi connectivity index (χ0v) is 22.2. The molecule has 2 aliphatic rings. The molecule has 13 heteroatoms. The van der Waals surface area contributed by atoms with Gasteiger partial charge in [-0.2, -0.15) is 15.1 Å². The molecule has 4 N–H and O–H groups in total. The van der Waals surface area contributed by atoms with Crippen molar-refractivity contribution >= 4 is 36.6 Å². The fourth-order valence-electron chi connectivity index (χ4n) is 4.32. The maximum Gasteiger partial charge on any atom is 0.459 e. The number of carbonyl (C=O) groups excluding carboxylic acids is 1. The second-order valence-corrected chi connectivity index (χ2v) is 11.3. The number of esters is 1. The normalized spacial score (nSPS) is 21.2. The molecule has 0 bridgehead atoms. The van der Waals surface area contributed by atoms with Crippen LogP contribution < -0.4 is 20.7 Å². The number of hydrogen-bond acceptors (Lipinski definition) is 10. The Bertz CT molecular complexity index is 1360. The lowest BCUT2D eigenvalue weighted by Crippen LogP contribution is -2.34. The molecule has 3 aromatic rings. The van der Waals surface area contributed by atoms with E-state index in [-0.39, 0.29) is 24.5 Å². The molecule has 1 fully saturated rings. The van der Waals surface area contributed by atoms with E-state index in [9.17, 15) is 9.36 Å². The molecule has 0 radical (unpaired) electrons. The fraction of sp³-hybridized carbons (Fsp3) is 0.440. The van der Waals surface area contributed by atoms with Gasteiger partial charge in [0.2, 0.25) is 5.95 Å². The standard InChI is InChI=1S/C25H32N7O5P/c1-16(24(33)35-2)31-38(34,37-20-6-4-3-5-7-20)36-14-18-10-11-19(12-18)32-15-28-21-22(27-13-17-8-9-17)29-25(26)30-23(21)32/h3-7,10-11,15-19H,8-9,12-14H2,1-2H3,(H,31,34)(H3,26,27,29,30)/t16?,18-,19+,38?/m1/s1. The Morgan fingerprint density at radius 2 is 2.03 bits per heavy atom. The quantitative estimate of drug-likeness (QED) is 0.175. The van der Waals surface area contributed by atoms with Crippen molar-refractivity contribution in [3.63, 3.8) is 0 Å². The summed E-state index contributed by atoms with van der Waals surface area (Å²) in [6.07, 6.45) is 8.90. The number of rotatable bonds is 12. The molecule has 202 valence electrons. The number of nitrogens with zero attached hydrogens (tertiary/aromatic N) is 4. The summed E-state index contributed by atoms with van der Waals surface area (Å²) in [4.78, 5) is 25.3. The SMILES string of the molecule is COC(=O)C(C)NP(=O)(OC[C@@H]1C=C[C@H](n2cnc3c(NCC4CC4)nc(N)nc32)C1)Oc1ccccc1. The molecule has 0 aliphatic heterocycles. The number of methoxy groups -OCH3 is 1. The Morgan fingerprint density at radius 3 is 2.76 bits per heavy atom. The van der Waals surface area contributed by atoms with Crippen LogP contribution in [0.15, 0.2) is 48.8 Å². The van der Waals surface area contributed by atoms with E-state index in [0.717, 1.165) is 6.54 Å². The van der Waals surface area contributed by atoms with Crippen molar-refractivity contribution in [3.05, 3.63) is 48.8 Å². The van der Waals surface area contributed by atoms with Crippen LogP contribution in [-0.2, 0) is 18.6 Å². The second kappa shape index (κ2) is 11.1. The van der Waals surface area contributed by atoms with Crippen molar-refractivity contribution < 1.29 is 23.1 Å². The van der Waals surface area contributed by atoms with Crippen molar-refractivity contribution in [1.82, 2.24) is 24.6 Å². The zero-order chi connectivity index (χ0) is 26.7. The first-order chi connectivity index (χ1) is 18.3. The summed E-state index contributed by atoms with van der Waals surface area (Å²) >= 11 is 0. The highest BCUT2D eigenvalue weighted by atomic mass is 31.2. The van der Waals surface area contributed by atoms with E-state index in [2.05, 4.69) is 25.4 Å². The first kappa shape index (κ1) is 26.1. The van der Waals surface area contributed by atoms with Crippen molar-refractivity contribution in [2.24, 2.45) is 11.8 Å². The maximum atomic E-state index is 13.6. The smallest absolute Gasteiger partial charge is 0.459 e. The summed E-state index contributed by atoms with van der Waals surface area (Å²) in [5.41, 5.74) is 7.33. The largest absolute Gasteiger partial charge is 0.468 e. The van der Waals surface area contributed by atoms with Gasteiger partial charge in [0.05, 0.1) is 26.1 Å². The topological polar surface area (TPSA) is 156 Å². The predicted molar refractivity (Wildman–Crippen MR) is 142 cm³/mol. The minimum Gasteiger partial charge on any atom is -0.468 e. The molecule has 0 amide bonds. The van der Waals surface area contributed by atoms with Gasteiger partial charge in [-0.25, -0.2) is 9.55 Å². The minimum atomic E-state index is -3.91. The van der Waals surface area contributed by atoms with Crippen molar-refractivity contribution in [2.75, 3.05) is 31.3 Å². The average molecular weight is 542 g/mol. The van der Waals surface area contributed by atoms with E-state index in [0.29, 0.717) is 35.1 Å². The minimum absolute atomic E-state index is 0.0458. The van der Waals surface area contributed by atoms with Gasteiger partial charge in [-0.3, -0.25) is 9.32 Å². The molecular formula is C25H32N7O5P. The molecule has 2 aromatic heterocycles. The fourth-order valence-corrected chi connectivity index (χ4v) is 5.86. The van der Waals surface area contributed by atoms with Crippen LogP contribution in [0.2, 0.25) is 0 Å². The highest BCUT2D eigenvalue weighted by Crippen LogP contribution is 2.46. The Morgan fingerprint density at radius 1 is 1.24 bits per heavy atom. The van der Waals surface area contributed by atoms with E-state index in [4.69, 9.17) is 19.5 Å². The van der Waals surface area contributed by atoms with Gasteiger partial charge in [0.25, 0.3) is 0 Å². The van der Waals surface area contributed by atoms with Gasteiger partial charge < -0.3 is 24.9 Å². The average Bonchev–Trinajstić information content (AvgIpc) is 3.45. The third kappa shape index (κ3) is 6.15. The highest BCUT2D eigenvalue weighted by Gasteiger charge is 2.34. The van der Waals surface area contributed by atoms with Crippen LogP contribution in [0.3, 0.4) is 0 Å². The summed E-state index contributed by atoms with van der Waals surface area (Å²) < 4.78 is 31.8. The summed E-state index contributed by atoms with van der Waals surface area (Å²) in [5.74, 6) is 1.22. The number of nitrogens with two attached hydrogens (primary N) is 1. The van der Waals surface area contributed by atoms with Gasteiger partial charge in [0, 0.05) is 12.5 Å². The van der Waals surface area contributed by atoms with E-state index >= 15 is 0 Å². The monoisotopic (exact) mass is 541 g/mol. The number of para-hydroxylation sites is 1. The van der Waals surface area contributed by atoms with Crippen LogP contribution in [0.25, 0.3) is 11.2 Å². The summed E-state index contributed by atoms with van der Waals surface area (Å²) in [5, 5.41) is 6.03. The number of ether oxygens (including phenoxy) is 1. The lowest BCUT2D eigenvalue weighted by Gasteiger charge is -2.23. The highest BCUT2D eigenvalue weighted by molar-refractivity contribution is 7.52. The van der Waals surface area contributed by atoms with Crippen LogP contribution in [0, 0.1) is 11.8 Å². The van der Waals surface area contributed by atoms with Gasteiger partial charge in [-0.1, -0.05) is 30.4 Å². The van der Waals surface area contributed by atoms with E-state index in [1.54, 1.807) is 30.6 Å². The van der Waals surface area contributed by atoms with Gasteiger partial charge in [0.15, 0.2) is 17.0 Å². The summed E-state index contributed by atoms with van der Waals surface area (Å²) in [6, 6.07) is 7.72. The number of anilines is 2. The molecular weight excluding hydrogens is 509 g/mol. The summed E-state index contributed by atoms with van der Waals surface area (Å²) in [7, 11) is -2.65. The van der Waals surface area contributed by atoms with Crippen molar-refractivity contribution in [2.45, 2.75) is 38.3 Å². The molecule has 38 heavy (non-hydrogen) atoms. The molecule has 2 heterocycles. The number of fused-ring (bicyclic) bond motifs is 1. The van der Waals surface area contributed by atoms with E-state index in [1.165, 1.54) is 26.9 Å². The first-order valence-corrected chi connectivity index (χ1v) is 14.1. The molecule has 2 unspecified atom stereocenters. The maximum absolute atomic E-state index is 13.6. The number of imidazole rings is 1. The van der Waals surface area contributed by atoms with Crippen LogP contribution >= 0.6 is 7.75 Å². The Kier molecular flexibility index (Phi) is 7.64. The molecule has 2 aliphatic carbocycles. The Labute approximate surface area is 220 Å². The molecule has 0 saturated heterocycles. The van der Waals surface area contributed by atoms with E-state index in [1.807, 2.05) is 22.8 Å². The summed E-state index contributed by atoms with van der Waals surface area (Å²) in [6.45, 7) is 2.48. The van der Waals surface area contributed by atoms with E-state index < -0.39 is 19.8 Å². The molecule has 0 spiro atoms. The number of aromatic nitrogens is 4. The molecule has 12 nitrogen and oxygen atoms in total. The molecule has 4 atom stereocenters. The number of nitrogen functional groups attached to an aromatic ring is 1. The van der Waals surface area contributed by atoms with Gasteiger partial charge in [-0.15, -0.1) is 0 Å². The molecule has 1 saturated carbocycles. The Balaban J connectivity index is 1.26. The third-order valence-electron chi connectivity index (χ3n) is 6.53. The number of nitrogens with one attached hydrogen (secondary N) is 2. The number of benzene rings is 1. The number of allylic oxidation sites excluding steroid dienone is 1. The van der Waals surface area contributed by atoms with Crippen molar-refractivity contribution in [1.29, 1.82) is 0 Å². The second-order valence-electron chi connectivity index (χ2n) is 9.60. The number of carbonyl (C=O) groups is 1. The van der Waals surface area contributed by atoms with Gasteiger partial charge in [-0.05, 0) is 44.2 Å². The first-order valence-electron chi connectivity index (χ1n) is 12.6. The van der Waals surface area contributed by atoms with Crippen LogP contribution in [0.1, 0.15) is 32.2 Å². The lowest BCUT2D eigenvalue weighted by molar-refractivity contribution is -0.142. The third-order valence-corrected chi connectivity index (χ3v) is 8.18. The Hall–Kier alpha value is -3.47. The van der Waals surface area contributed by atoms with Crippen LogP contribution in [-0.4, -0.2) is 51.8 Å². The van der Waals surface area contributed by atoms with Crippen LogP contribution in [0.4, 0.5) is 11.8 Å². The van der Waals surface area contributed by atoms with Gasteiger partial charge in [0.1, 0.15) is 11.8 Å².